The van der Waals surface area contributed by atoms with Gasteiger partial charge in [0.2, 0.25) is 0 Å². The highest BCUT2D eigenvalue weighted by atomic mass is 35.5. The molecule has 23 heavy (non-hydrogen) atoms. The lowest BCUT2D eigenvalue weighted by Gasteiger charge is -2.41. The van der Waals surface area contributed by atoms with Crippen LogP contribution < -0.4 is 5.32 Å². The number of rotatable bonds is 5. The van der Waals surface area contributed by atoms with E-state index in [-0.39, 0.29) is 11.5 Å². The van der Waals surface area contributed by atoms with Crippen LogP contribution in [0, 0.1) is 6.92 Å². The Kier molecular flexibility index (Phi) is 5.93. The van der Waals surface area contributed by atoms with Crippen LogP contribution in [0.1, 0.15) is 54.9 Å². The summed E-state index contributed by atoms with van der Waals surface area (Å²) in [4.78, 5) is 11.9. The maximum absolute atomic E-state index is 11.9. The van der Waals surface area contributed by atoms with Gasteiger partial charge in [0.15, 0.2) is 0 Å². The molecule has 0 amide bonds. The van der Waals surface area contributed by atoms with Gasteiger partial charge in [-0.2, -0.15) is 0 Å². The fourth-order valence-corrected chi connectivity index (χ4v) is 3.58. The van der Waals surface area contributed by atoms with Gasteiger partial charge in [-0.05, 0) is 56.7 Å². The van der Waals surface area contributed by atoms with E-state index in [0.717, 1.165) is 43.4 Å². The predicted molar refractivity (Wildman–Crippen MR) is 93.4 cm³/mol. The van der Waals surface area contributed by atoms with Crippen molar-refractivity contribution in [1.29, 1.82) is 0 Å². The smallest absolute Gasteiger partial charge is 0.338 e. The highest BCUT2D eigenvalue weighted by Crippen LogP contribution is 2.37. The lowest BCUT2D eigenvalue weighted by molar-refractivity contribution is 0.0530. The van der Waals surface area contributed by atoms with E-state index in [4.69, 9.17) is 21.1 Å². The summed E-state index contributed by atoms with van der Waals surface area (Å²) in [6, 6.07) is 3.55. The molecule has 1 aliphatic carbocycles. The van der Waals surface area contributed by atoms with Gasteiger partial charge < -0.3 is 14.8 Å². The molecule has 0 atom stereocenters. The highest BCUT2D eigenvalue weighted by molar-refractivity contribution is 6.31. The van der Waals surface area contributed by atoms with Gasteiger partial charge in [-0.25, -0.2) is 4.79 Å². The van der Waals surface area contributed by atoms with Gasteiger partial charge in [-0.1, -0.05) is 18.5 Å². The zero-order chi connectivity index (χ0) is 17.0. The molecule has 0 spiro atoms. The molecule has 4 nitrogen and oxygen atoms in total. The molecule has 0 saturated heterocycles. The van der Waals surface area contributed by atoms with E-state index in [1.807, 2.05) is 13.0 Å². The Morgan fingerprint density at radius 3 is 2.52 bits per heavy atom. The standard InChI is InChI=1S/C18H26ClNO3/c1-5-18(8-6-14(22-3)7-9-18)20-16-11-13(19)10-15(12(16)2)17(21)23-4/h10-11,14,20H,5-9H2,1-4H3. The van der Waals surface area contributed by atoms with Gasteiger partial charge in [0.05, 0.1) is 18.8 Å². The largest absolute Gasteiger partial charge is 0.465 e. The molecule has 1 aromatic rings. The zero-order valence-corrected chi connectivity index (χ0v) is 15.1. The van der Waals surface area contributed by atoms with Crippen molar-refractivity contribution in [3.8, 4) is 0 Å². The summed E-state index contributed by atoms with van der Waals surface area (Å²) in [5.41, 5.74) is 2.33. The quantitative estimate of drug-likeness (QED) is 0.797. The first kappa shape index (κ1) is 18.1. The Labute approximate surface area is 143 Å². The van der Waals surface area contributed by atoms with E-state index in [0.29, 0.717) is 16.7 Å². The number of halogens is 1. The van der Waals surface area contributed by atoms with Crippen LogP contribution >= 0.6 is 11.6 Å². The molecule has 0 heterocycles. The highest BCUT2D eigenvalue weighted by Gasteiger charge is 2.34. The van der Waals surface area contributed by atoms with E-state index in [1.54, 1.807) is 13.2 Å². The molecule has 2 rings (SSSR count). The number of esters is 1. The maximum Gasteiger partial charge on any atom is 0.338 e. The Balaban J connectivity index is 2.28. The Morgan fingerprint density at radius 2 is 2.00 bits per heavy atom. The molecule has 128 valence electrons. The minimum absolute atomic E-state index is 0.0257. The number of carbonyl (C=O) groups excluding carboxylic acids is 1. The molecule has 0 radical (unpaired) electrons. The molecule has 1 fully saturated rings. The van der Waals surface area contributed by atoms with Gasteiger partial charge in [-0.15, -0.1) is 0 Å². The second-order valence-corrected chi connectivity index (χ2v) is 6.75. The zero-order valence-electron chi connectivity index (χ0n) is 14.4. The van der Waals surface area contributed by atoms with Crippen molar-refractivity contribution < 1.29 is 14.3 Å². The van der Waals surface area contributed by atoms with Gasteiger partial charge >= 0.3 is 5.97 Å². The molecule has 5 heteroatoms. The molecule has 0 unspecified atom stereocenters. The summed E-state index contributed by atoms with van der Waals surface area (Å²) in [6.45, 7) is 4.12. The summed E-state index contributed by atoms with van der Waals surface area (Å²) in [5, 5.41) is 4.21. The lowest BCUT2D eigenvalue weighted by atomic mass is 9.78. The summed E-state index contributed by atoms with van der Waals surface area (Å²) < 4.78 is 10.3. The van der Waals surface area contributed by atoms with Crippen molar-refractivity contribution in [2.75, 3.05) is 19.5 Å². The normalized spacial score (nSPS) is 24.3. The second-order valence-electron chi connectivity index (χ2n) is 6.31. The Bertz CT molecular complexity index is 566. The van der Waals surface area contributed by atoms with Crippen molar-refractivity contribution in [2.45, 2.75) is 57.6 Å². The van der Waals surface area contributed by atoms with Crippen molar-refractivity contribution in [3.63, 3.8) is 0 Å². The van der Waals surface area contributed by atoms with Crippen molar-refractivity contribution in [1.82, 2.24) is 0 Å². The van der Waals surface area contributed by atoms with Crippen LogP contribution in [-0.4, -0.2) is 31.8 Å². The Morgan fingerprint density at radius 1 is 1.35 bits per heavy atom. The number of anilines is 1. The summed E-state index contributed by atoms with van der Waals surface area (Å²) >= 11 is 6.21. The topological polar surface area (TPSA) is 47.6 Å². The second kappa shape index (κ2) is 7.54. The minimum Gasteiger partial charge on any atom is -0.465 e. The van der Waals surface area contributed by atoms with E-state index in [2.05, 4.69) is 12.2 Å². The van der Waals surface area contributed by atoms with Gasteiger partial charge in [0, 0.05) is 23.4 Å². The van der Waals surface area contributed by atoms with E-state index >= 15 is 0 Å². The lowest BCUT2D eigenvalue weighted by Crippen LogP contribution is -2.43. The number of hydrogen-bond acceptors (Lipinski definition) is 4. The van der Waals surface area contributed by atoms with E-state index in [1.165, 1.54) is 7.11 Å². The Hall–Kier alpha value is -1.26. The predicted octanol–water partition coefficient (Wildman–Crippen LogP) is 4.58. The van der Waals surface area contributed by atoms with Gasteiger partial charge in [-0.3, -0.25) is 0 Å². The first-order valence-electron chi connectivity index (χ1n) is 8.14. The molecule has 1 aromatic carbocycles. The van der Waals surface area contributed by atoms with E-state index < -0.39 is 0 Å². The van der Waals surface area contributed by atoms with Crippen molar-refractivity contribution >= 4 is 23.3 Å². The molecule has 1 N–H and O–H groups in total. The molecular formula is C18H26ClNO3. The summed E-state index contributed by atoms with van der Waals surface area (Å²) in [5.74, 6) is -0.360. The number of benzene rings is 1. The van der Waals surface area contributed by atoms with Crippen LogP contribution in [-0.2, 0) is 9.47 Å². The number of hydrogen-bond donors (Lipinski definition) is 1. The van der Waals surface area contributed by atoms with Crippen LogP contribution in [0.3, 0.4) is 0 Å². The molecule has 0 aliphatic heterocycles. The molecular weight excluding hydrogens is 314 g/mol. The van der Waals surface area contributed by atoms with Crippen LogP contribution in [0.25, 0.3) is 0 Å². The third-order valence-electron chi connectivity index (χ3n) is 5.08. The molecule has 0 aromatic heterocycles. The van der Waals surface area contributed by atoms with Crippen LogP contribution in [0.15, 0.2) is 12.1 Å². The summed E-state index contributed by atoms with van der Waals surface area (Å²) in [6.07, 6.45) is 5.54. The van der Waals surface area contributed by atoms with Gasteiger partial charge in [0.25, 0.3) is 0 Å². The number of methoxy groups -OCH3 is 2. The SMILES string of the molecule is CCC1(Nc2cc(Cl)cc(C(=O)OC)c2C)CCC(OC)CC1. The third-order valence-corrected chi connectivity index (χ3v) is 5.30. The molecule has 0 bridgehead atoms. The van der Waals surface area contributed by atoms with Crippen LogP contribution in [0.5, 0.6) is 0 Å². The number of ether oxygens (including phenoxy) is 2. The fraction of sp³-hybridized carbons (Fsp3) is 0.611. The average Bonchev–Trinajstić information content (AvgIpc) is 2.57. The fourth-order valence-electron chi connectivity index (χ4n) is 3.36. The first-order chi connectivity index (χ1) is 10.9. The van der Waals surface area contributed by atoms with Crippen LogP contribution in [0.2, 0.25) is 5.02 Å². The summed E-state index contributed by atoms with van der Waals surface area (Å²) in [7, 11) is 3.16. The van der Waals surface area contributed by atoms with Crippen molar-refractivity contribution in [3.05, 3.63) is 28.3 Å². The number of carbonyl (C=O) groups is 1. The maximum atomic E-state index is 11.9. The average molecular weight is 340 g/mol. The number of nitrogens with one attached hydrogen (secondary N) is 1. The van der Waals surface area contributed by atoms with Gasteiger partial charge in [0.1, 0.15) is 0 Å². The molecule has 1 aliphatic rings. The minimum atomic E-state index is -0.360. The monoisotopic (exact) mass is 339 g/mol. The third kappa shape index (κ3) is 3.99. The van der Waals surface area contributed by atoms with Crippen molar-refractivity contribution in [2.24, 2.45) is 0 Å². The molecule has 1 saturated carbocycles. The van der Waals surface area contributed by atoms with E-state index in [9.17, 15) is 4.79 Å². The van der Waals surface area contributed by atoms with Crippen LogP contribution in [0.4, 0.5) is 5.69 Å². The first-order valence-corrected chi connectivity index (χ1v) is 8.52.